The average molecular weight is 366 g/mol. The van der Waals surface area contributed by atoms with E-state index in [0.29, 0.717) is 5.02 Å². The minimum atomic E-state index is -0.580. The first-order valence-corrected chi connectivity index (χ1v) is 7.02. The Morgan fingerprint density at radius 3 is 2.24 bits per heavy atom. The van der Waals surface area contributed by atoms with E-state index < -0.39 is 5.91 Å². The molecular formula is C12H8Cl4N4O. The lowest BCUT2D eigenvalue weighted by Crippen LogP contribution is -2.17. The van der Waals surface area contributed by atoms with Crippen molar-refractivity contribution in [2.45, 2.75) is 0 Å². The molecule has 0 aliphatic rings. The number of nitrogens with two attached hydrogens (primary N) is 1. The standard InChI is InChI=1S/C12H8Cl4N4O/c13-5-3-7(15)10(8(16)4-5)19-12(21)11-6(14)1-2-9(18-11)20-17/h1-4H,17H2,(H,18,20)(H,19,21). The summed E-state index contributed by atoms with van der Waals surface area (Å²) >= 11 is 23.7. The van der Waals surface area contributed by atoms with Gasteiger partial charge in [-0.1, -0.05) is 46.4 Å². The van der Waals surface area contributed by atoms with Crippen molar-refractivity contribution < 1.29 is 4.79 Å². The summed E-state index contributed by atoms with van der Waals surface area (Å²) in [6.07, 6.45) is 0. The van der Waals surface area contributed by atoms with Crippen LogP contribution < -0.4 is 16.6 Å². The molecule has 21 heavy (non-hydrogen) atoms. The highest BCUT2D eigenvalue weighted by Gasteiger charge is 2.17. The Labute approximate surface area is 140 Å². The van der Waals surface area contributed by atoms with Gasteiger partial charge in [-0.05, 0) is 24.3 Å². The van der Waals surface area contributed by atoms with Crippen LogP contribution in [-0.4, -0.2) is 10.9 Å². The quantitative estimate of drug-likeness (QED) is 0.561. The second kappa shape index (κ2) is 6.68. The van der Waals surface area contributed by atoms with Gasteiger partial charge in [0.1, 0.15) is 11.5 Å². The third-order valence-corrected chi connectivity index (χ3v) is 3.57. The number of nitrogen functional groups attached to an aromatic ring is 1. The molecule has 0 fully saturated rings. The fraction of sp³-hybridized carbons (Fsp3) is 0. The van der Waals surface area contributed by atoms with Crippen molar-refractivity contribution in [2.24, 2.45) is 5.84 Å². The lowest BCUT2D eigenvalue weighted by Gasteiger charge is -2.11. The number of nitrogens with one attached hydrogen (secondary N) is 2. The van der Waals surface area contributed by atoms with Crippen molar-refractivity contribution in [3.05, 3.63) is 50.0 Å². The second-order valence-corrected chi connectivity index (χ2v) is 5.53. The van der Waals surface area contributed by atoms with Crippen molar-refractivity contribution in [3.63, 3.8) is 0 Å². The maximum Gasteiger partial charge on any atom is 0.275 e. The third kappa shape index (κ3) is 3.70. The van der Waals surface area contributed by atoms with Crippen LogP contribution >= 0.6 is 46.4 Å². The van der Waals surface area contributed by atoms with Crippen molar-refractivity contribution in [1.29, 1.82) is 0 Å². The molecule has 4 N–H and O–H groups in total. The molecule has 2 aromatic rings. The van der Waals surface area contributed by atoms with Crippen molar-refractivity contribution in [2.75, 3.05) is 10.7 Å². The highest BCUT2D eigenvalue weighted by molar-refractivity contribution is 6.42. The van der Waals surface area contributed by atoms with E-state index in [2.05, 4.69) is 15.7 Å². The highest BCUT2D eigenvalue weighted by Crippen LogP contribution is 2.34. The van der Waals surface area contributed by atoms with Gasteiger partial charge in [0, 0.05) is 5.02 Å². The predicted molar refractivity (Wildman–Crippen MR) is 86.5 cm³/mol. The number of nitrogens with zero attached hydrogens (tertiary/aromatic N) is 1. The van der Waals surface area contributed by atoms with Crippen LogP contribution in [0.4, 0.5) is 11.5 Å². The maximum atomic E-state index is 12.2. The minimum Gasteiger partial charge on any atom is -0.318 e. The van der Waals surface area contributed by atoms with Crippen LogP contribution in [0.3, 0.4) is 0 Å². The van der Waals surface area contributed by atoms with Crippen LogP contribution in [0.1, 0.15) is 10.5 Å². The molecule has 0 unspecified atom stereocenters. The summed E-state index contributed by atoms with van der Waals surface area (Å²) < 4.78 is 0. The zero-order chi connectivity index (χ0) is 15.6. The van der Waals surface area contributed by atoms with Crippen LogP contribution in [0.15, 0.2) is 24.3 Å². The van der Waals surface area contributed by atoms with Crippen LogP contribution in [0.25, 0.3) is 0 Å². The Hall–Kier alpha value is -1.24. The van der Waals surface area contributed by atoms with Crippen LogP contribution in [0.5, 0.6) is 0 Å². The van der Waals surface area contributed by atoms with Gasteiger partial charge in [0.05, 0.1) is 20.8 Å². The maximum absolute atomic E-state index is 12.2. The molecule has 1 aromatic carbocycles. The second-order valence-electron chi connectivity index (χ2n) is 3.87. The number of carbonyl (C=O) groups excluding carboxylic acids is 1. The van der Waals surface area contributed by atoms with Gasteiger partial charge in [0.2, 0.25) is 0 Å². The van der Waals surface area contributed by atoms with Gasteiger partial charge in [0.15, 0.2) is 0 Å². The number of amides is 1. The molecule has 1 aromatic heterocycles. The number of anilines is 2. The normalized spacial score (nSPS) is 10.3. The number of hydrogen-bond acceptors (Lipinski definition) is 4. The van der Waals surface area contributed by atoms with Crippen LogP contribution in [0.2, 0.25) is 20.1 Å². The summed E-state index contributed by atoms with van der Waals surface area (Å²) in [5.74, 6) is 4.95. The molecule has 0 radical (unpaired) electrons. The fourth-order valence-corrected chi connectivity index (χ4v) is 2.62. The molecule has 2 rings (SSSR count). The van der Waals surface area contributed by atoms with Crippen molar-refractivity contribution in [1.82, 2.24) is 4.98 Å². The SMILES string of the molecule is NNc1ccc(Cl)c(C(=O)Nc2c(Cl)cc(Cl)cc2Cl)n1. The molecule has 0 aliphatic heterocycles. The molecule has 0 aliphatic carbocycles. The smallest absolute Gasteiger partial charge is 0.275 e. The molecule has 0 spiro atoms. The zero-order valence-corrected chi connectivity index (χ0v) is 13.3. The monoisotopic (exact) mass is 364 g/mol. The van der Waals surface area contributed by atoms with Gasteiger partial charge >= 0.3 is 0 Å². The average Bonchev–Trinajstić information content (AvgIpc) is 2.43. The predicted octanol–water partition coefficient (Wildman–Crippen LogP) is 4.23. The fourth-order valence-electron chi connectivity index (χ4n) is 1.52. The first-order chi connectivity index (χ1) is 9.92. The van der Waals surface area contributed by atoms with Crippen LogP contribution in [-0.2, 0) is 0 Å². The summed E-state index contributed by atoms with van der Waals surface area (Å²) in [7, 11) is 0. The van der Waals surface area contributed by atoms with E-state index in [9.17, 15) is 4.79 Å². The molecule has 0 saturated carbocycles. The largest absolute Gasteiger partial charge is 0.318 e. The molecule has 9 heteroatoms. The molecule has 0 atom stereocenters. The lowest BCUT2D eigenvalue weighted by molar-refractivity contribution is 0.102. The van der Waals surface area contributed by atoms with E-state index in [1.54, 1.807) is 0 Å². The van der Waals surface area contributed by atoms with Gasteiger partial charge in [-0.3, -0.25) is 4.79 Å². The summed E-state index contributed by atoms with van der Waals surface area (Å²) in [6.45, 7) is 0. The summed E-state index contributed by atoms with van der Waals surface area (Å²) in [4.78, 5) is 16.2. The first kappa shape index (κ1) is 16.1. The molecule has 0 saturated heterocycles. The summed E-state index contributed by atoms with van der Waals surface area (Å²) in [5.41, 5.74) is 2.52. The first-order valence-electron chi connectivity index (χ1n) is 5.51. The number of hydrogen-bond donors (Lipinski definition) is 3. The number of benzene rings is 1. The number of aromatic nitrogens is 1. The highest BCUT2D eigenvalue weighted by atomic mass is 35.5. The molecule has 110 valence electrons. The number of carbonyl (C=O) groups is 1. The van der Waals surface area contributed by atoms with Gasteiger partial charge in [-0.2, -0.15) is 0 Å². The molecular weight excluding hydrogens is 358 g/mol. The van der Waals surface area contributed by atoms with E-state index in [0.717, 1.165) is 0 Å². The van der Waals surface area contributed by atoms with E-state index in [1.807, 2.05) is 0 Å². The number of rotatable bonds is 3. The summed E-state index contributed by atoms with van der Waals surface area (Å²) in [6, 6.07) is 5.93. The Morgan fingerprint density at radius 2 is 1.67 bits per heavy atom. The molecule has 0 bridgehead atoms. The minimum absolute atomic E-state index is 0.0193. The lowest BCUT2D eigenvalue weighted by atomic mass is 10.2. The van der Waals surface area contributed by atoms with Gasteiger partial charge in [-0.25, -0.2) is 10.8 Å². The van der Waals surface area contributed by atoms with E-state index in [1.165, 1.54) is 24.3 Å². The van der Waals surface area contributed by atoms with E-state index in [4.69, 9.17) is 52.2 Å². The Bertz CT molecular complexity index is 685. The van der Waals surface area contributed by atoms with Gasteiger partial charge in [0.25, 0.3) is 5.91 Å². The molecule has 5 nitrogen and oxygen atoms in total. The van der Waals surface area contributed by atoms with Crippen LogP contribution in [0, 0.1) is 0 Å². The third-order valence-electron chi connectivity index (χ3n) is 2.45. The molecule has 1 heterocycles. The topological polar surface area (TPSA) is 80.0 Å². The van der Waals surface area contributed by atoms with Crippen molar-refractivity contribution in [3.8, 4) is 0 Å². The van der Waals surface area contributed by atoms with Gasteiger partial charge < -0.3 is 10.7 Å². The molecule has 1 amide bonds. The van der Waals surface area contributed by atoms with Gasteiger partial charge in [-0.15, -0.1) is 0 Å². The Kier molecular flexibility index (Phi) is 5.13. The van der Waals surface area contributed by atoms with E-state index in [-0.39, 0.29) is 32.3 Å². The summed E-state index contributed by atoms with van der Waals surface area (Å²) in [5, 5.41) is 3.45. The van der Waals surface area contributed by atoms with Crippen molar-refractivity contribution >= 4 is 63.8 Å². The Balaban J connectivity index is 2.35. The number of hydrazine groups is 1. The zero-order valence-electron chi connectivity index (χ0n) is 10.3. The Morgan fingerprint density at radius 1 is 1.05 bits per heavy atom. The number of halogens is 4. The number of pyridine rings is 1. The van der Waals surface area contributed by atoms with E-state index >= 15 is 0 Å².